The SMILES string of the molecule is O=C(CCn1c2ccccc2c2nc3ccccc3nc21)NC1CCCC1. The Bertz CT molecular complexity index is 1140. The number of aryl methyl sites for hydroxylation is 1. The minimum absolute atomic E-state index is 0.126. The van der Waals surface area contributed by atoms with Gasteiger partial charge in [0.05, 0.1) is 16.6 Å². The first-order chi connectivity index (χ1) is 13.3. The number of hydrogen-bond donors (Lipinski definition) is 1. The van der Waals surface area contributed by atoms with Crippen molar-refractivity contribution in [2.45, 2.75) is 44.7 Å². The van der Waals surface area contributed by atoms with Crippen molar-refractivity contribution in [2.75, 3.05) is 0 Å². The van der Waals surface area contributed by atoms with E-state index in [1.54, 1.807) is 0 Å². The molecule has 0 spiro atoms. The number of fused-ring (bicyclic) bond motifs is 4. The first kappa shape index (κ1) is 16.2. The van der Waals surface area contributed by atoms with E-state index in [4.69, 9.17) is 9.97 Å². The number of carbonyl (C=O) groups excluding carboxylic acids is 1. The van der Waals surface area contributed by atoms with Crippen molar-refractivity contribution in [2.24, 2.45) is 0 Å². The molecule has 1 amide bonds. The standard InChI is InChI=1S/C22H22N4O/c27-20(23-15-7-1-2-8-15)13-14-26-19-12-6-3-9-16(19)21-22(26)25-18-11-5-4-10-17(18)24-21/h3-6,9-12,15H,1-2,7-8,13-14H2,(H,23,27). The van der Waals surface area contributed by atoms with Gasteiger partial charge in [0.2, 0.25) is 5.91 Å². The highest BCUT2D eigenvalue weighted by Gasteiger charge is 2.18. The molecule has 0 aliphatic heterocycles. The molecule has 0 radical (unpaired) electrons. The van der Waals surface area contributed by atoms with Crippen LogP contribution in [-0.2, 0) is 11.3 Å². The maximum absolute atomic E-state index is 12.4. The van der Waals surface area contributed by atoms with Gasteiger partial charge in [0.25, 0.3) is 0 Å². The highest BCUT2D eigenvalue weighted by Crippen LogP contribution is 2.28. The largest absolute Gasteiger partial charge is 0.353 e. The molecule has 27 heavy (non-hydrogen) atoms. The summed E-state index contributed by atoms with van der Waals surface area (Å²) in [4.78, 5) is 22.1. The third kappa shape index (κ3) is 2.93. The van der Waals surface area contributed by atoms with Gasteiger partial charge in [0.1, 0.15) is 5.52 Å². The molecule has 1 fully saturated rings. The van der Waals surface area contributed by atoms with E-state index in [9.17, 15) is 4.79 Å². The highest BCUT2D eigenvalue weighted by molar-refractivity contribution is 6.06. The van der Waals surface area contributed by atoms with Gasteiger partial charge in [0.15, 0.2) is 5.65 Å². The van der Waals surface area contributed by atoms with Crippen molar-refractivity contribution in [3.63, 3.8) is 0 Å². The Hall–Kier alpha value is -2.95. The van der Waals surface area contributed by atoms with E-state index in [0.29, 0.717) is 19.0 Å². The molecule has 2 heterocycles. The van der Waals surface area contributed by atoms with Gasteiger partial charge < -0.3 is 9.88 Å². The van der Waals surface area contributed by atoms with Gasteiger partial charge in [-0.2, -0.15) is 0 Å². The van der Waals surface area contributed by atoms with E-state index in [0.717, 1.165) is 45.9 Å². The highest BCUT2D eigenvalue weighted by atomic mass is 16.1. The predicted octanol–water partition coefficient (Wildman–Crippen LogP) is 4.19. The zero-order chi connectivity index (χ0) is 18.2. The second-order valence-corrected chi connectivity index (χ2v) is 7.35. The maximum atomic E-state index is 12.4. The lowest BCUT2D eigenvalue weighted by Crippen LogP contribution is -2.33. The Morgan fingerprint density at radius 2 is 1.70 bits per heavy atom. The van der Waals surface area contributed by atoms with Crippen LogP contribution < -0.4 is 5.32 Å². The molecule has 0 atom stereocenters. The van der Waals surface area contributed by atoms with Crippen LogP contribution >= 0.6 is 0 Å². The van der Waals surface area contributed by atoms with E-state index < -0.39 is 0 Å². The summed E-state index contributed by atoms with van der Waals surface area (Å²) in [5, 5.41) is 4.26. The summed E-state index contributed by atoms with van der Waals surface area (Å²) in [6.07, 6.45) is 5.12. The second-order valence-electron chi connectivity index (χ2n) is 7.35. The van der Waals surface area contributed by atoms with Crippen molar-refractivity contribution in [1.82, 2.24) is 19.9 Å². The summed E-state index contributed by atoms with van der Waals surface area (Å²) >= 11 is 0. The number of benzene rings is 2. The molecule has 5 nitrogen and oxygen atoms in total. The number of nitrogens with zero attached hydrogens (tertiary/aromatic N) is 3. The number of nitrogens with one attached hydrogen (secondary N) is 1. The Morgan fingerprint density at radius 1 is 1.00 bits per heavy atom. The predicted molar refractivity (Wildman–Crippen MR) is 108 cm³/mol. The van der Waals surface area contributed by atoms with Gasteiger partial charge in [-0.25, -0.2) is 9.97 Å². The van der Waals surface area contributed by atoms with Crippen molar-refractivity contribution < 1.29 is 4.79 Å². The third-order valence-corrected chi connectivity index (χ3v) is 5.54. The summed E-state index contributed by atoms with van der Waals surface area (Å²) < 4.78 is 2.14. The Balaban J connectivity index is 1.53. The maximum Gasteiger partial charge on any atom is 0.222 e. The van der Waals surface area contributed by atoms with Crippen LogP contribution in [0, 0.1) is 0 Å². The number of aromatic nitrogens is 3. The lowest BCUT2D eigenvalue weighted by molar-refractivity contribution is -0.121. The molecule has 1 aliphatic rings. The van der Waals surface area contributed by atoms with Crippen molar-refractivity contribution in [1.29, 1.82) is 0 Å². The van der Waals surface area contributed by atoms with E-state index in [1.807, 2.05) is 36.4 Å². The molecule has 2 aromatic carbocycles. The van der Waals surface area contributed by atoms with Crippen LogP contribution in [0.15, 0.2) is 48.5 Å². The topological polar surface area (TPSA) is 59.8 Å². The van der Waals surface area contributed by atoms with Crippen LogP contribution in [0.1, 0.15) is 32.1 Å². The quantitative estimate of drug-likeness (QED) is 0.595. The van der Waals surface area contributed by atoms with Crippen LogP contribution in [0.25, 0.3) is 33.1 Å². The van der Waals surface area contributed by atoms with Crippen LogP contribution in [0.5, 0.6) is 0 Å². The van der Waals surface area contributed by atoms with E-state index in [-0.39, 0.29) is 5.91 Å². The summed E-state index contributed by atoms with van der Waals surface area (Å²) in [6.45, 7) is 0.607. The van der Waals surface area contributed by atoms with Crippen molar-refractivity contribution >= 4 is 39.0 Å². The summed E-state index contributed by atoms with van der Waals surface area (Å²) in [6, 6.07) is 16.5. The van der Waals surface area contributed by atoms with Gasteiger partial charge in [-0.1, -0.05) is 43.2 Å². The number of rotatable bonds is 4. The monoisotopic (exact) mass is 358 g/mol. The zero-order valence-corrected chi connectivity index (χ0v) is 15.2. The van der Waals surface area contributed by atoms with Crippen LogP contribution in [0.4, 0.5) is 0 Å². The van der Waals surface area contributed by atoms with Gasteiger partial charge in [-0.05, 0) is 31.0 Å². The smallest absolute Gasteiger partial charge is 0.222 e. The Kier molecular flexibility index (Phi) is 4.00. The second kappa shape index (κ2) is 6.65. The minimum Gasteiger partial charge on any atom is -0.353 e. The fraction of sp³-hybridized carbons (Fsp3) is 0.318. The molecule has 0 saturated heterocycles. The average Bonchev–Trinajstić information content (AvgIpc) is 3.31. The Morgan fingerprint density at radius 3 is 2.52 bits per heavy atom. The summed E-state index contributed by atoms with van der Waals surface area (Å²) in [5.74, 6) is 0.126. The molecular formula is C22H22N4O. The normalized spacial score (nSPS) is 15.1. The lowest BCUT2D eigenvalue weighted by atomic mass is 10.2. The number of para-hydroxylation sites is 3. The van der Waals surface area contributed by atoms with Gasteiger partial charge in [-0.3, -0.25) is 4.79 Å². The van der Waals surface area contributed by atoms with Crippen molar-refractivity contribution in [3.8, 4) is 0 Å². The summed E-state index contributed by atoms with van der Waals surface area (Å²) in [7, 11) is 0. The average molecular weight is 358 g/mol. The number of amides is 1. The fourth-order valence-electron chi connectivity index (χ4n) is 4.19. The van der Waals surface area contributed by atoms with Gasteiger partial charge >= 0.3 is 0 Å². The van der Waals surface area contributed by atoms with Crippen LogP contribution in [0.2, 0.25) is 0 Å². The van der Waals surface area contributed by atoms with E-state index in [1.165, 1.54) is 12.8 Å². The molecule has 5 rings (SSSR count). The van der Waals surface area contributed by atoms with Crippen molar-refractivity contribution in [3.05, 3.63) is 48.5 Å². The first-order valence-corrected chi connectivity index (χ1v) is 9.73. The molecule has 0 bridgehead atoms. The molecule has 5 heteroatoms. The first-order valence-electron chi connectivity index (χ1n) is 9.73. The van der Waals surface area contributed by atoms with E-state index >= 15 is 0 Å². The Labute approximate surface area is 157 Å². The van der Waals surface area contributed by atoms with Gasteiger partial charge in [-0.15, -0.1) is 0 Å². The van der Waals surface area contributed by atoms with Crippen LogP contribution in [-0.4, -0.2) is 26.5 Å². The summed E-state index contributed by atoms with van der Waals surface area (Å²) in [5.41, 5.74) is 4.61. The minimum atomic E-state index is 0.126. The fourth-order valence-corrected chi connectivity index (χ4v) is 4.19. The molecule has 1 aliphatic carbocycles. The zero-order valence-electron chi connectivity index (χ0n) is 15.2. The molecular weight excluding hydrogens is 336 g/mol. The number of hydrogen-bond acceptors (Lipinski definition) is 3. The van der Waals surface area contributed by atoms with Gasteiger partial charge in [0, 0.05) is 24.4 Å². The molecule has 1 N–H and O–H groups in total. The molecule has 2 aromatic heterocycles. The number of carbonyl (C=O) groups is 1. The molecule has 1 saturated carbocycles. The lowest BCUT2D eigenvalue weighted by Gasteiger charge is -2.12. The molecule has 136 valence electrons. The third-order valence-electron chi connectivity index (χ3n) is 5.54. The van der Waals surface area contributed by atoms with Crippen LogP contribution in [0.3, 0.4) is 0 Å². The van der Waals surface area contributed by atoms with E-state index in [2.05, 4.69) is 22.0 Å². The molecule has 4 aromatic rings. The molecule has 0 unspecified atom stereocenters.